The molecule has 2 rings (SSSR count). The molecule has 0 spiro atoms. The molecule has 146 valence electrons. The number of hydrogen-bond acceptors (Lipinski definition) is 4. The predicted octanol–water partition coefficient (Wildman–Crippen LogP) is 4.72. The van der Waals surface area contributed by atoms with Crippen LogP contribution in [0.4, 0.5) is 11.4 Å². The standard InChI is InChI=1S/C22H30N2O3/c1-4-9-16-19(23)20(22(27)17(10-5-2)21(16)26)24-18(25)13-14(3)15-11-7-6-8-12-15/h6-8,11-12,14,26-27H,4-5,9-10,13,23H2,1-3H3,(H,24,25). The fourth-order valence-corrected chi connectivity index (χ4v) is 3.34. The van der Waals surface area contributed by atoms with E-state index in [1.165, 1.54) is 0 Å². The molecule has 27 heavy (non-hydrogen) atoms. The van der Waals surface area contributed by atoms with E-state index in [0.29, 0.717) is 24.0 Å². The van der Waals surface area contributed by atoms with Crippen molar-refractivity contribution in [2.75, 3.05) is 11.1 Å². The summed E-state index contributed by atoms with van der Waals surface area (Å²) in [6.07, 6.45) is 2.92. The molecular weight excluding hydrogens is 340 g/mol. The van der Waals surface area contributed by atoms with Crippen molar-refractivity contribution in [1.82, 2.24) is 0 Å². The van der Waals surface area contributed by atoms with E-state index >= 15 is 0 Å². The van der Waals surface area contributed by atoms with Crippen molar-refractivity contribution in [3.05, 3.63) is 47.0 Å². The number of anilines is 2. The zero-order valence-electron chi connectivity index (χ0n) is 16.4. The Bertz CT molecular complexity index is 755. The number of rotatable bonds is 8. The van der Waals surface area contributed by atoms with Crippen LogP contribution in [0.2, 0.25) is 0 Å². The number of amides is 1. The largest absolute Gasteiger partial charge is 0.507 e. The Kier molecular flexibility index (Phi) is 7.11. The van der Waals surface area contributed by atoms with Gasteiger partial charge in [-0.25, -0.2) is 0 Å². The Morgan fingerprint density at radius 2 is 1.63 bits per heavy atom. The van der Waals surface area contributed by atoms with E-state index < -0.39 is 0 Å². The Balaban J connectivity index is 2.30. The van der Waals surface area contributed by atoms with Crippen molar-refractivity contribution in [2.24, 2.45) is 0 Å². The van der Waals surface area contributed by atoms with Crippen LogP contribution in [0.15, 0.2) is 30.3 Å². The fraction of sp³-hybridized carbons (Fsp3) is 0.409. The number of hydrogen-bond donors (Lipinski definition) is 4. The average molecular weight is 370 g/mol. The Morgan fingerprint density at radius 3 is 2.22 bits per heavy atom. The lowest BCUT2D eigenvalue weighted by atomic mass is 9.96. The zero-order chi connectivity index (χ0) is 20.0. The Morgan fingerprint density at radius 1 is 1.04 bits per heavy atom. The minimum absolute atomic E-state index is 0.0388. The second-order valence-electron chi connectivity index (χ2n) is 7.01. The highest BCUT2D eigenvalue weighted by Gasteiger charge is 2.23. The number of carbonyl (C=O) groups is 1. The summed E-state index contributed by atoms with van der Waals surface area (Å²) in [4.78, 5) is 12.6. The molecule has 0 aliphatic carbocycles. The number of aromatic hydroxyl groups is 2. The summed E-state index contributed by atoms with van der Waals surface area (Å²) in [7, 11) is 0. The van der Waals surface area contributed by atoms with Crippen molar-refractivity contribution >= 4 is 17.3 Å². The van der Waals surface area contributed by atoms with Gasteiger partial charge in [-0.3, -0.25) is 4.79 Å². The second-order valence-corrected chi connectivity index (χ2v) is 7.01. The summed E-state index contributed by atoms with van der Waals surface area (Å²) in [5, 5.41) is 23.9. The summed E-state index contributed by atoms with van der Waals surface area (Å²) in [5.74, 6) is -0.266. The van der Waals surface area contributed by atoms with Crippen molar-refractivity contribution in [3.63, 3.8) is 0 Å². The van der Waals surface area contributed by atoms with Crippen LogP contribution in [-0.4, -0.2) is 16.1 Å². The molecule has 0 aromatic heterocycles. The van der Waals surface area contributed by atoms with Gasteiger partial charge in [0.05, 0.1) is 5.69 Å². The third-order valence-corrected chi connectivity index (χ3v) is 4.81. The lowest BCUT2D eigenvalue weighted by Crippen LogP contribution is -2.17. The molecule has 0 aliphatic rings. The molecular formula is C22H30N2O3. The number of nitrogens with one attached hydrogen (secondary N) is 1. The van der Waals surface area contributed by atoms with Gasteiger partial charge in [-0.1, -0.05) is 63.9 Å². The van der Waals surface area contributed by atoms with Crippen LogP contribution in [0.1, 0.15) is 62.6 Å². The number of benzene rings is 2. The molecule has 1 atom stereocenters. The molecule has 0 bridgehead atoms. The quantitative estimate of drug-likeness (QED) is 0.307. The predicted molar refractivity (Wildman–Crippen MR) is 110 cm³/mol. The first kappa shape index (κ1) is 20.6. The smallest absolute Gasteiger partial charge is 0.225 e. The highest BCUT2D eigenvalue weighted by molar-refractivity contribution is 5.98. The van der Waals surface area contributed by atoms with Gasteiger partial charge in [0.2, 0.25) is 5.91 Å². The maximum Gasteiger partial charge on any atom is 0.225 e. The Hall–Kier alpha value is -2.69. The summed E-state index contributed by atoms with van der Waals surface area (Å²) in [5.41, 5.74) is 8.76. The minimum Gasteiger partial charge on any atom is -0.507 e. The van der Waals surface area contributed by atoms with Gasteiger partial charge in [0.1, 0.15) is 17.2 Å². The summed E-state index contributed by atoms with van der Waals surface area (Å²) in [6.45, 7) is 5.94. The highest BCUT2D eigenvalue weighted by Crippen LogP contribution is 2.44. The van der Waals surface area contributed by atoms with Gasteiger partial charge in [0.25, 0.3) is 0 Å². The number of nitrogens with two attached hydrogens (primary N) is 1. The number of nitrogen functional groups attached to an aromatic ring is 1. The summed E-state index contributed by atoms with van der Waals surface area (Å²) in [6, 6.07) is 9.81. The molecule has 5 nitrogen and oxygen atoms in total. The Labute approximate surface area is 161 Å². The van der Waals surface area contributed by atoms with Crippen molar-refractivity contribution in [1.29, 1.82) is 0 Å². The molecule has 0 fully saturated rings. The first-order valence-electron chi connectivity index (χ1n) is 9.60. The molecule has 1 amide bonds. The van der Waals surface area contributed by atoms with Gasteiger partial charge < -0.3 is 21.3 Å². The van der Waals surface area contributed by atoms with E-state index in [4.69, 9.17) is 5.73 Å². The van der Waals surface area contributed by atoms with E-state index in [9.17, 15) is 15.0 Å². The molecule has 0 heterocycles. The van der Waals surface area contributed by atoms with Crippen LogP contribution in [0.3, 0.4) is 0 Å². The molecule has 1 unspecified atom stereocenters. The van der Waals surface area contributed by atoms with Gasteiger partial charge in [-0.15, -0.1) is 0 Å². The maximum absolute atomic E-state index is 12.6. The number of phenolic OH excluding ortho intramolecular Hbond substituents is 2. The third-order valence-electron chi connectivity index (χ3n) is 4.81. The van der Waals surface area contributed by atoms with E-state index in [0.717, 1.165) is 18.4 Å². The molecule has 5 heteroatoms. The van der Waals surface area contributed by atoms with Crippen molar-refractivity contribution in [3.8, 4) is 11.5 Å². The topological polar surface area (TPSA) is 95.6 Å². The van der Waals surface area contributed by atoms with Crippen LogP contribution >= 0.6 is 0 Å². The summed E-state index contributed by atoms with van der Waals surface area (Å²) >= 11 is 0. The third kappa shape index (κ3) is 4.73. The summed E-state index contributed by atoms with van der Waals surface area (Å²) < 4.78 is 0. The zero-order valence-corrected chi connectivity index (χ0v) is 16.4. The minimum atomic E-state index is -0.219. The van der Waals surface area contributed by atoms with E-state index in [-0.39, 0.29) is 41.1 Å². The van der Waals surface area contributed by atoms with E-state index in [2.05, 4.69) is 5.32 Å². The molecule has 0 aliphatic heterocycles. The number of carbonyl (C=O) groups excluding carboxylic acids is 1. The first-order valence-corrected chi connectivity index (χ1v) is 9.60. The van der Waals surface area contributed by atoms with Gasteiger partial charge in [-0.2, -0.15) is 0 Å². The fourth-order valence-electron chi connectivity index (χ4n) is 3.34. The highest BCUT2D eigenvalue weighted by atomic mass is 16.3. The van der Waals surface area contributed by atoms with E-state index in [1.807, 2.05) is 51.1 Å². The molecule has 0 saturated heterocycles. The lowest BCUT2D eigenvalue weighted by Gasteiger charge is -2.20. The molecule has 2 aromatic carbocycles. The van der Waals surface area contributed by atoms with Crippen LogP contribution in [0, 0.1) is 0 Å². The van der Waals surface area contributed by atoms with Crippen LogP contribution < -0.4 is 11.1 Å². The van der Waals surface area contributed by atoms with Crippen LogP contribution in [0.25, 0.3) is 0 Å². The monoisotopic (exact) mass is 370 g/mol. The van der Waals surface area contributed by atoms with Crippen LogP contribution in [-0.2, 0) is 17.6 Å². The molecule has 0 radical (unpaired) electrons. The van der Waals surface area contributed by atoms with Gasteiger partial charge in [0.15, 0.2) is 0 Å². The second kappa shape index (κ2) is 9.31. The van der Waals surface area contributed by atoms with Gasteiger partial charge >= 0.3 is 0 Å². The molecule has 5 N–H and O–H groups in total. The average Bonchev–Trinajstić information content (AvgIpc) is 2.66. The molecule has 2 aromatic rings. The molecule has 0 saturated carbocycles. The normalized spacial score (nSPS) is 12.0. The van der Waals surface area contributed by atoms with Crippen molar-refractivity contribution in [2.45, 2.75) is 58.8 Å². The number of phenols is 2. The SMILES string of the molecule is CCCc1c(N)c(NC(=O)CC(C)c2ccccc2)c(O)c(CCC)c1O. The van der Waals surface area contributed by atoms with Gasteiger partial charge in [0, 0.05) is 17.5 Å². The maximum atomic E-state index is 12.6. The van der Waals surface area contributed by atoms with Gasteiger partial charge in [-0.05, 0) is 24.3 Å². The first-order chi connectivity index (χ1) is 12.9. The van der Waals surface area contributed by atoms with Crippen molar-refractivity contribution < 1.29 is 15.0 Å². The van der Waals surface area contributed by atoms with E-state index in [1.54, 1.807) is 0 Å². The van der Waals surface area contributed by atoms with Crippen LogP contribution in [0.5, 0.6) is 11.5 Å². The lowest BCUT2D eigenvalue weighted by molar-refractivity contribution is -0.116.